The van der Waals surface area contributed by atoms with Gasteiger partial charge >= 0.3 is 12.1 Å². The van der Waals surface area contributed by atoms with Gasteiger partial charge in [0.1, 0.15) is 5.75 Å². The summed E-state index contributed by atoms with van der Waals surface area (Å²) in [7, 11) is 0. The molecule has 4 aromatic rings. The van der Waals surface area contributed by atoms with E-state index in [2.05, 4.69) is 31.9 Å². The summed E-state index contributed by atoms with van der Waals surface area (Å²) in [5, 5.41) is 26.3. The SMILES string of the molecule is O=C1Cc2cc(NC(=O)Nc3cc(OOc4ccccc4NC(=O)Nc4ccc5c(c4)CC(=O)N5)ccc3O)ccc2N1. The van der Waals surface area contributed by atoms with Crippen LogP contribution in [-0.4, -0.2) is 29.0 Å². The zero-order valence-electron chi connectivity index (χ0n) is 22.3. The van der Waals surface area contributed by atoms with Crippen LogP contribution in [0.1, 0.15) is 11.1 Å². The van der Waals surface area contributed by atoms with Crippen LogP contribution in [0.25, 0.3) is 0 Å². The molecule has 216 valence electrons. The van der Waals surface area contributed by atoms with Gasteiger partial charge in [0.25, 0.3) is 0 Å². The molecule has 0 aliphatic carbocycles. The van der Waals surface area contributed by atoms with Crippen LogP contribution >= 0.6 is 0 Å². The summed E-state index contributed by atoms with van der Waals surface area (Å²) >= 11 is 0. The minimum absolute atomic E-state index is 0.0497. The third kappa shape index (κ3) is 6.25. The molecule has 2 aliphatic heterocycles. The monoisotopic (exact) mass is 580 g/mol. The normalized spacial score (nSPS) is 12.7. The van der Waals surface area contributed by atoms with Gasteiger partial charge in [-0.1, -0.05) is 12.1 Å². The van der Waals surface area contributed by atoms with Crippen molar-refractivity contribution in [3.63, 3.8) is 0 Å². The Hall–Kier alpha value is -6.24. The molecule has 0 aromatic heterocycles. The van der Waals surface area contributed by atoms with Crippen LogP contribution in [-0.2, 0) is 22.4 Å². The molecule has 0 radical (unpaired) electrons. The van der Waals surface area contributed by atoms with Crippen molar-refractivity contribution in [3.05, 3.63) is 90.0 Å². The van der Waals surface area contributed by atoms with Gasteiger partial charge in [0.05, 0.1) is 24.2 Å². The van der Waals surface area contributed by atoms with Crippen molar-refractivity contribution in [2.24, 2.45) is 0 Å². The molecule has 0 saturated carbocycles. The van der Waals surface area contributed by atoms with Gasteiger partial charge in [0.2, 0.25) is 17.6 Å². The van der Waals surface area contributed by atoms with Gasteiger partial charge in [0, 0.05) is 28.8 Å². The Labute approximate surface area is 244 Å². The minimum atomic E-state index is -0.627. The summed E-state index contributed by atoms with van der Waals surface area (Å²) in [6.45, 7) is 0. The highest BCUT2D eigenvalue weighted by Crippen LogP contribution is 2.31. The number of urea groups is 2. The number of aromatic hydroxyl groups is 1. The summed E-state index contributed by atoms with van der Waals surface area (Å²) in [4.78, 5) is 59.3. The first kappa shape index (κ1) is 27.0. The van der Waals surface area contributed by atoms with E-state index in [1.165, 1.54) is 18.2 Å². The Bertz CT molecular complexity index is 1790. The molecule has 0 unspecified atom stereocenters. The summed E-state index contributed by atoms with van der Waals surface area (Å²) in [6, 6.07) is 19.7. The summed E-state index contributed by atoms with van der Waals surface area (Å²) in [5.74, 6) is -0.0942. The molecule has 0 saturated heterocycles. The van der Waals surface area contributed by atoms with Crippen molar-refractivity contribution in [3.8, 4) is 17.2 Å². The molecule has 7 N–H and O–H groups in total. The Balaban J connectivity index is 1.06. The number of fused-ring (bicyclic) bond motifs is 2. The molecule has 0 spiro atoms. The standard InChI is InChI=1S/C30H24N6O7/c37-25-10-7-20(15-24(25)36-30(41)32-19-6-9-22-17(12-19)14-28(39)34-22)42-43-26-4-2-1-3-23(26)35-29(40)31-18-5-8-21-16(11-18)13-27(38)33-21/h1-12,15,37H,13-14H2,(H,33,38)(H,34,39)(H2,31,35,40)(H2,32,36,41). The van der Waals surface area contributed by atoms with Crippen LogP contribution in [0.15, 0.2) is 78.9 Å². The molecule has 6 rings (SSSR count). The maximum absolute atomic E-state index is 12.7. The van der Waals surface area contributed by atoms with E-state index in [-0.39, 0.29) is 47.6 Å². The minimum Gasteiger partial charge on any atom is -0.506 e. The number of carbonyl (C=O) groups excluding carboxylic acids is 4. The number of benzene rings is 4. The van der Waals surface area contributed by atoms with Crippen molar-refractivity contribution in [2.75, 3.05) is 31.9 Å². The fourth-order valence-electron chi connectivity index (χ4n) is 4.59. The molecule has 13 heteroatoms. The van der Waals surface area contributed by atoms with E-state index >= 15 is 0 Å². The lowest BCUT2D eigenvalue weighted by molar-refractivity contribution is -0.115. The molecule has 2 aliphatic rings. The molecular weight excluding hydrogens is 556 g/mol. The number of phenols is 1. The highest BCUT2D eigenvalue weighted by Gasteiger charge is 2.19. The second kappa shape index (κ2) is 11.3. The third-order valence-electron chi connectivity index (χ3n) is 6.56. The second-order valence-electron chi connectivity index (χ2n) is 9.69. The van der Waals surface area contributed by atoms with E-state index in [9.17, 15) is 24.3 Å². The first-order valence-electron chi connectivity index (χ1n) is 13.1. The Morgan fingerprint density at radius 2 is 1.23 bits per heavy atom. The van der Waals surface area contributed by atoms with E-state index in [1.807, 2.05) is 0 Å². The van der Waals surface area contributed by atoms with Gasteiger partial charge in [0.15, 0.2) is 5.75 Å². The first-order valence-corrected chi connectivity index (χ1v) is 13.1. The molecule has 4 aromatic carbocycles. The van der Waals surface area contributed by atoms with Gasteiger partial charge in [-0.15, -0.1) is 0 Å². The molecule has 0 bridgehead atoms. The number of hydrogen-bond donors (Lipinski definition) is 7. The molecule has 43 heavy (non-hydrogen) atoms. The summed E-state index contributed by atoms with van der Waals surface area (Å²) in [6.07, 6.45) is 0.473. The Kier molecular flexibility index (Phi) is 7.10. The number of amides is 6. The van der Waals surface area contributed by atoms with E-state index in [0.717, 1.165) is 16.8 Å². The van der Waals surface area contributed by atoms with Crippen molar-refractivity contribution >= 4 is 58.0 Å². The van der Waals surface area contributed by atoms with Crippen LogP contribution in [0, 0.1) is 0 Å². The van der Waals surface area contributed by atoms with Crippen LogP contribution < -0.4 is 41.7 Å². The summed E-state index contributed by atoms with van der Waals surface area (Å²) in [5.41, 5.74) is 4.32. The van der Waals surface area contributed by atoms with E-state index in [0.29, 0.717) is 22.7 Å². The van der Waals surface area contributed by atoms with Crippen molar-refractivity contribution in [1.82, 2.24) is 0 Å². The molecule has 2 heterocycles. The lowest BCUT2D eigenvalue weighted by atomic mass is 10.1. The number of hydrogen-bond acceptors (Lipinski definition) is 7. The third-order valence-corrected chi connectivity index (χ3v) is 6.56. The number of phenolic OH excluding ortho intramolecular Hbond substituents is 1. The largest absolute Gasteiger partial charge is 0.506 e. The number of carbonyl (C=O) groups is 4. The van der Waals surface area contributed by atoms with Gasteiger partial charge in [-0.3, -0.25) is 19.4 Å². The highest BCUT2D eigenvalue weighted by atomic mass is 17.2. The Morgan fingerprint density at radius 1 is 0.651 bits per heavy atom. The van der Waals surface area contributed by atoms with Crippen LogP contribution in [0.3, 0.4) is 0 Å². The summed E-state index contributed by atoms with van der Waals surface area (Å²) < 4.78 is 0. The predicted octanol–water partition coefficient (Wildman–Crippen LogP) is 5.04. The average molecular weight is 581 g/mol. The van der Waals surface area contributed by atoms with Crippen LogP contribution in [0.2, 0.25) is 0 Å². The Morgan fingerprint density at radius 3 is 1.86 bits per heavy atom. The highest BCUT2D eigenvalue weighted by molar-refractivity contribution is 6.04. The van der Waals surface area contributed by atoms with Crippen LogP contribution in [0.5, 0.6) is 17.2 Å². The molecule has 6 amide bonds. The lowest BCUT2D eigenvalue weighted by Gasteiger charge is -2.14. The van der Waals surface area contributed by atoms with Crippen molar-refractivity contribution in [1.29, 1.82) is 0 Å². The van der Waals surface area contributed by atoms with Gasteiger partial charge in [-0.2, -0.15) is 0 Å². The fraction of sp³-hybridized carbons (Fsp3) is 0.0667. The van der Waals surface area contributed by atoms with E-state index in [4.69, 9.17) is 9.78 Å². The molecular formula is C30H24N6O7. The maximum atomic E-state index is 12.7. The molecule has 0 fully saturated rings. The van der Waals surface area contributed by atoms with Crippen molar-refractivity contribution in [2.45, 2.75) is 12.8 Å². The quantitative estimate of drug-likeness (QED) is 0.0908. The molecule has 13 nitrogen and oxygen atoms in total. The number of rotatable bonds is 7. The number of anilines is 6. The lowest BCUT2D eigenvalue weighted by Crippen LogP contribution is -2.20. The van der Waals surface area contributed by atoms with E-state index < -0.39 is 12.1 Å². The number of para-hydroxylation sites is 2. The first-order chi connectivity index (χ1) is 20.8. The van der Waals surface area contributed by atoms with Gasteiger partial charge < -0.3 is 37.0 Å². The average Bonchev–Trinajstić information content (AvgIpc) is 3.53. The van der Waals surface area contributed by atoms with Crippen LogP contribution in [0.4, 0.5) is 43.7 Å². The smallest absolute Gasteiger partial charge is 0.323 e. The van der Waals surface area contributed by atoms with Crippen molar-refractivity contribution < 1.29 is 34.1 Å². The zero-order chi connectivity index (χ0) is 29.9. The number of nitrogens with one attached hydrogen (secondary N) is 6. The topological polar surface area (TPSA) is 179 Å². The maximum Gasteiger partial charge on any atom is 0.323 e. The second-order valence-corrected chi connectivity index (χ2v) is 9.69. The predicted molar refractivity (Wildman–Crippen MR) is 159 cm³/mol. The molecule has 0 atom stereocenters. The van der Waals surface area contributed by atoms with E-state index in [1.54, 1.807) is 60.7 Å². The zero-order valence-corrected chi connectivity index (χ0v) is 22.3. The van der Waals surface area contributed by atoms with Gasteiger partial charge in [-0.25, -0.2) is 9.59 Å². The fourth-order valence-corrected chi connectivity index (χ4v) is 4.59. The van der Waals surface area contributed by atoms with Gasteiger partial charge in [-0.05, 0) is 71.8 Å².